The summed E-state index contributed by atoms with van der Waals surface area (Å²) >= 11 is 1.27. The smallest absolute Gasteiger partial charge is 0.220 e. The van der Waals surface area contributed by atoms with Crippen LogP contribution in [-0.4, -0.2) is 26.2 Å². The van der Waals surface area contributed by atoms with Crippen molar-refractivity contribution in [3.8, 4) is 5.69 Å². The zero-order valence-electron chi connectivity index (χ0n) is 13.4. The van der Waals surface area contributed by atoms with E-state index in [1.54, 1.807) is 23.6 Å². The van der Waals surface area contributed by atoms with Gasteiger partial charge in [-0.3, -0.25) is 14.7 Å². The molecule has 0 radical (unpaired) electrons. The van der Waals surface area contributed by atoms with Crippen LogP contribution in [0.25, 0.3) is 5.69 Å². The lowest BCUT2D eigenvalue weighted by Crippen LogP contribution is -2.11. The van der Waals surface area contributed by atoms with Crippen LogP contribution >= 0.6 is 11.8 Å². The summed E-state index contributed by atoms with van der Waals surface area (Å²) in [7, 11) is 0. The van der Waals surface area contributed by atoms with E-state index in [1.807, 2.05) is 30.3 Å². The summed E-state index contributed by atoms with van der Waals surface area (Å²) in [4.78, 5) is 10.7. The number of halogens is 1. The summed E-state index contributed by atoms with van der Waals surface area (Å²) in [5.41, 5.74) is 1.55. The van der Waals surface area contributed by atoms with Crippen molar-refractivity contribution in [2.45, 2.75) is 17.3 Å². The molecule has 0 fully saturated rings. The second-order valence-electron chi connectivity index (χ2n) is 5.37. The average Bonchev–Trinajstić information content (AvgIpc) is 2.96. The minimum Gasteiger partial charge on any atom is -0.274 e. The van der Waals surface area contributed by atoms with Crippen LogP contribution in [0, 0.1) is 22.9 Å². The second kappa shape index (κ2) is 7.43. The molecule has 0 aliphatic rings. The summed E-state index contributed by atoms with van der Waals surface area (Å²) in [5.74, 6) is 0.293. The Morgan fingerprint density at radius 2 is 1.84 bits per heavy atom. The zero-order valence-corrected chi connectivity index (χ0v) is 14.2. The monoisotopic (exact) mass is 358 g/mol. The lowest BCUT2D eigenvalue weighted by Gasteiger charge is -2.14. The van der Waals surface area contributed by atoms with Crippen LogP contribution in [0.2, 0.25) is 0 Å². The van der Waals surface area contributed by atoms with Crippen molar-refractivity contribution in [1.82, 2.24) is 14.8 Å². The number of aromatic nitrogens is 3. The van der Waals surface area contributed by atoms with Crippen molar-refractivity contribution in [2.24, 2.45) is 0 Å². The molecule has 1 atom stereocenters. The molecular weight excluding hydrogens is 343 g/mol. The number of nitrogens with zero attached hydrogens (tertiary/aromatic N) is 4. The first-order valence-electron chi connectivity index (χ1n) is 7.56. The molecule has 0 N–H and O–H groups in total. The molecule has 8 heteroatoms. The van der Waals surface area contributed by atoms with Gasteiger partial charge in [-0.2, -0.15) is 0 Å². The highest BCUT2D eigenvalue weighted by Gasteiger charge is 2.23. The van der Waals surface area contributed by atoms with Gasteiger partial charge in [0, 0.05) is 10.6 Å². The Bertz CT molecular complexity index is 868. The highest BCUT2D eigenvalue weighted by molar-refractivity contribution is 7.99. The van der Waals surface area contributed by atoms with Crippen LogP contribution < -0.4 is 0 Å². The van der Waals surface area contributed by atoms with E-state index in [-0.39, 0.29) is 17.3 Å². The second-order valence-corrected chi connectivity index (χ2v) is 6.54. The van der Waals surface area contributed by atoms with Gasteiger partial charge in [0.15, 0.2) is 5.16 Å². The van der Waals surface area contributed by atoms with Gasteiger partial charge in [-0.15, -0.1) is 10.2 Å². The Morgan fingerprint density at radius 1 is 1.16 bits per heavy atom. The number of hydrogen-bond donors (Lipinski definition) is 0. The van der Waals surface area contributed by atoms with E-state index in [2.05, 4.69) is 10.2 Å². The van der Waals surface area contributed by atoms with Crippen LogP contribution in [-0.2, 0) is 0 Å². The quantitative estimate of drug-likeness (QED) is 0.380. The van der Waals surface area contributed by atoms with Gasteiger partial charge >= 0.3 is 0 Å². The molecular formula is C17H15FN4O2S. The number of rotatable bonds is 6. The molecule has 0 saturated carbocycles. The summed E-state index contributed by atoms with van der Waals surface area (Å²) in [5, 5.41) is 19.4. The Hall–Kier alpha value is -2.74. The van der Waals surface area contributed by atoms with Crippen LogP contribution in [0.3, 0.4) is 0 Å². The van der Waals surface area contributed by atoms with Crippen molar-refractivity contribution in [3.05, 3.63) is 81.9 Å². The fourth-order valence-electron chi connectivity index (χ4n) is 2.45. The molecule has 1 aromatic heterocycles. The van der Waals surface area contributed by atoms with Gasteiger partial charge in [0.2, 0.25) is 6.54 Å². The standard InChI is InChI=1S/C17H15FN4O2S/c1-12-19-20-17(22(12)15-9-7-14(18)8-10-15)25-16(11-21(23)24)13-5-3-2-4-6-13/h2-10,16H,11H2,1H3/t16-/m1/s1. The average molecular weight is 358 g/mol. The van der Waals surface area contributed by atoms with Gasteiger partial charge in [-0.25, -0.2) is 4.39 Å². The fraction of sp³-hybridized carbons (Fsp3) is 0.176. The van der Waals surface area contributed by atoms with E-state index in [0.29, 0.717) is 16.7 Å². The third-order valence-corrected chi connectivity index (χ3v) is 4.79. The van der Waals surface area contributed by atoms with E-state index in [1.165, 1.54) is 23.9 Å². The van der Waals surface area contributed by atoms with E-state index in [0.717, 1.165) is 5.56 Å². The molecule has 0 bridgehead atoms. The van der Waals surface area contributed by atoms with Gasteiger partial charge < -0.3 is 0 Å². The molecule has 0 saturated heterocycles. The Labute approximate surface area is 147 Å². The minimum atomic E-state index is -0.404. The van der Waals surface area contributed by atoms with Crippen molar-refractivity contribution in [1.29, 1.82) is 0 Å². The lowest BCUT2D eigenvalue weighted by molar-refractivity contribution is -0.479. The molecule has 3 rings (SSSR count). The zero-order chi connectivity index (χ0) is 17.8. The maximum Gasteiger partial charge on any atom is 0.220 e. The Morgan fingerprint density at radius 3 is 2.48 bits per heavy atom. The lowest BCUT2D eigenvalue weighted by atomic mass is 10.1. The molecule has 0 aliphatic heterocycles. The van der Waals surface area contributed by atoms with Crippen LogP contribution in [0.15, 0.2) is 59.8 Å². The van der Waals surface area contributed by atoms with Crippen molar-refractivity contribution >= 4 is 11.8 Å². The highest BCUT2D eigenvalue weighted by Crippen LogP contribution is 2.35. The summed E-state index contributed by atoms with van der Waals surface area (Å²) in [6, 6.07) is 15.2. The molecule has 2 aromatic carbocycles. The van der Waals surface area contributed by atoms with Gasteiger partial charge in [0.25, 0.3) is 0 Å². The Balaban J connectivity index is 1.95. The Kier molecular flexibility index (Phi) is 5.08. The minimum absolute atomic E-state index is 0.232. The topological polar surface area (TPSA) is 73.8 Å². The van der Waals surface area contributed by atoms with Gasteiger partial charge in [0.05, 0.1) is 0 Å². The normalized spacial score (nSPS) is 12.1. The molecule has 0 spiro atoms. The molecule has 0 aliphatic carbocycles. The van der Waals surface area contributed by atoms with Crippen molar-refractivity contribution in [2.75, 3.05) is 6.54 Å². The van der Waals surface area contributed by atoms with Crippen LogP contribution in [0.1, 0.15) is 16.6 Å². The summed E-state index contributed by atoms with van der Waals surface area (Å²) in [6.45, 7) is 1.55. The first-order valence-corrected chi connectivity index (χ1v) is 8.44. The maximum absolute atomic E-state index is 13.2. The van der Waals surface area contributed by atoms with Crippen LogP contribution in [0.4, 0.5) is 4.39 Å². The SMILES string of the molecule is Cc1nnc(S[C@H](C[N+](=O)[O-])c2ccccc2)n1-c1ccc(F)cc1. The number of hydrogen-bond acceptors (Lipinski definition) is 5. The van der Waals surface area contributed by atoms with Crippen LogP contribution in [0.5, 0.6) is 0 Å². The van der Waals surface area contributed by atoms with E-state index < -0.39 is 5.25 Å². The van der Waals surface area contributed by atoms with E-state index >= 15 is 0 Å². The predicted molar refractivity (Wildman–Crippen MR) is 93.0 cm³/mol. The first-order chi connectivity index (χ1) is 12.0. The third kappa shape index (κ3) is 4.03. The third-order valence-electron chi connectivity index (χ3n) is 3.61. The number of nitro groups is 1. The number of aryl methyl sites for hydroxylation is 1. The molecule has 25 heavy (non-hydrogen) atoms. The summed E-state index contributed by atoms with van der Waals surface area (Å²) < 4.78 is 14.9. The predicted octanol–water partition coefficient (Wildman–Crippen LogP) is 3.82. The van der Waals surface area contributed by atoms with Gasteiger partial charge in [0.1, 0.15) is 16.9 Å². The molecule has 128 valence electrons. The molecule has 0 amide bonds. The summed E-state index contributed by atoms with van der Waals surface area (Å²) in [6.07, 6.45) is 0. The van der Waals surface area contributed by atoms with Gasteiger partial charge in [-0.1, -0.05) is 42.1 Å². The largest absolute Gasteiger partial charge is 0.274 e. The molecule has 0 unspecified atom stereocenters. The number of thioether (sulfide) groups is 1. The molecule has 1 heterocycles. The maximum atomic E-state index is 13.2. The van der Waals surface area contributed by atoms with E-state index in [4.69, 9.17) is 0 Å². The first kappa shape index (κ1) is 17.1. The molecule has 6 nitrogen and oxygen atoms in total. The van der Waals surface area contributed by atoms with Crippen molar-refractivity contribution < 1.29 is 9.31 Å². The van der Waals surface area contributed by atoms with Gasteiger partial charge in [-0.05, 0) is 36.8 Å². The fourth-order valence-corrected chi connectivity index (χ4v) is 3.62. The number of benzene rings is 2. The highest BCUT2D eigenvalue weighted by atomic mass is 32.2. The van der Waals surface area contributed by atoms with E-state index in [9.17, 15) is 14.5 Å². The molecule has 3 aromatic rings. The van der Waals surface area contributed by atoms with Crippen molar-refractivity contribution in [3.63, 3.8) is 0 Å².